The smallest absolute Gasteiger partial charge is 0.220 e. The summed E-state index contributed by atoms with van der Waals surface area (Å²) in [5, 5.41) is 4.04. The Hall–Kier alpha value is -1.55. The highest BCUT2D eigenvalue weighted by atomic mass is 35.5. The van der Waals surface area contributed by atoms with E-state index < -0.39 is 0 Å². The second kappa shape index (κ2) is 9.40. The number of nitrogens with one attached hydrogen (secondary N) is 1. The van der Waals surface area contributed by atoms with E-state index in [1.54, 1.807) is 6.07 Å². The van der Waals surface area contributed by atoms with Crippen LogP contribution in [0.5, 0.6) is 0 Å². The number of aryl methyl sites for hydroxylation is 1. The van der Waals surface area contributed by atoms with Gasteiger partial charge in [-0.3, -0.25) is 9.69 Å². The lowest BCUT2D eigenvalue weighted by Crippen LogP contribution is -2.23. The molecular formula is C21H24Cl2N2O. The summed E-state index contributed by atoms with van der Waals surface area (Å²) in [6, 6.07) is 14.0. The minimum atomic E-state index is 0.0391. The molecule has 0 saturated carbocycles. The van der Waals surface area contributed by atoms with Crippen molar-refractivity contribution in [2.45, 2.75) is 38.8 Å². The van der Waals surface area contributed by atoms with Crippen molar-refractivity contribution in [3.05, 3.63) is 69.2 Å². The molecule has 0 bridgehead atoms. The number of carbonyl (C=O) groups excluding carboxylic acids is 1. The summed E-state index contributed by atoms with van der Waals surface area (Å²) in [6.07, 6.45) is 3.71. The van der Waals surface area contributed by atoms with E-state index in [9.17, 15) is 4.79 Å². The van der Waals surface area contributed by atoms with E-state index in [-0.39, 0.29) is 5.91 Å². The first-order chi connectivity index (χ1) is 12.6. The van der Waals surface area contributed by atoms with Crippen LogP contribution in [0.4, 0.5) is 0 Å². The van der Waals surface area contributed by atoms with Crippen LogP contribution < -0.4 is 5.32 Å². The number of carbonyl (C=O) groups is 1. The third-order valence-electron chi connectivity index (χ3n) is 4.74. The number of nitrogens with zero attached hydrogens (tertiary/aromatic N) is 1. The maximum atomic E-state index is 12.1. The quantitative estimate of drug-likeness (QED) is 0.733. The molecule has 2 aromatic rings. The summed E-state index contributed by atoms with van der Waals surface area (Å²) in [5.41, 5.74) is 3.47. The van der Waals surface area contributed by atoms with Crippen LogP contribution in [-0.4, -0.2) is 23.9 Å². The lowest BCUT2D eigenvalue weighted by molar-refractivity contribution is -0.121. The zero-order valence-electron chi connectivity index (χ0n) is 14.8. The van der Waals surface area contributed by atoms with Gasteiger partial charge in [0.05, 0.1) is 10.0 Å². The molecule has 1 saturated heterocycles. The molecule has 1 aliphatic rings. The van der Waals surface area contributed by atoms with Gasteiger partial charge in [0.15, 0.2) is 0 Å². The molecule has 0 atom stereocenters. The van der Waals surface area contributed by atoms with Crippen molar-refractivity contribution < 1.29 is 4.79 Å². The topological polar surface area (TPSA) is 32.3 Å². The van der Waals surface area contributed by atoms with Crippen molar-refractivity contribution in [3.63, 3.8) is 0 Å². The average molecular weight is 391 g/mol. The average Bonchev–Trinajstić information content (AvgIpc) is 3.15. The molecule has 26 heavy (non-hydrogen) atoms. The summed E-state index contributed by atoms with van der Waals surface area (Å²) in [7, 11) is 0. The second-order valence-electron chi connectivity index (χ2n) is 6.82. The van der Waals surface area contributed by atoms with E-state index in [2.05, 4.69) is 34.5 Å². The maximum absolute atomic E-state index is 12.1. The van der Waals surface area contributed by atoms with Crippen LogP contribution in [0.25, 0.3) is 0 Å². The molecule has 3 rings (SSSR count). The third-order valence-corrected chi connectivity index (χ3v) is 5.48. The Balaban J connectivity index is 1.41. The van der Waals surface area contributed by atoms with Crippen LogP contribution in [-0.2, 0) is 24.3 Å². The predicted octanol–water partition coefficient (Wildman–Crippen LogP) is 4.84. The molecule has 138 valence electrons. The number of halogens is 2. The number of hydrogen-bond donors (Lipinski definition) is 1. The normalized spacial score (nSPS) is 14.5. The fourth-order valence-corrected chi connectivity index (χ4v) is 3.52. The summed E-state index contributed by atoms with van der Waals surface area (Å²) in [4.78, 5) is 14.5. The van der Waals surface area contributed by atoms with E-state index in [0.717, 1.165) is 17.7 Å². The lowest BCUT2D eigenvalue weighted by atomic mass is 10.1. The Morgan fingerprint density at radius 2 is 1.58 bits per heavy atom. The van der Waals surface area contributed by atoms with Gasteiger partial charge in [-0.15, -0.1) is 0 Å². The van der Waals surface area contributed by atoms with E-state index >= 15 is 0 Å². The first kappa shape index (κ1) is 19.2. The van der Waals surface area contributed by atoms with Crippen LogP contribution in [0.1, 0.15) is 36.0 Å². The number of likely N-dealkylation sites (tertiary alicyclic amines) is 1. The number of amides is 1. The minimum absolute atomic E-state index is 0.0391. The fraction of sp³-hybridized carbons (Fsp3) is 0.381. The van der Waals surface area contributed by atoms with Crippen molar-refractivity contribution >= 4 is 29.1 Å². The van der Waals surface area contributed by atoms with Gasteiger partial charge in [0.25, 0.3) is 0 Å². The molecular weight excluding hydrogens is 367 g/mol. The maximum Gasteiger partial charge on any atom is 0.220 e. The van der Waals surface area contributed by atoms with Crippen molar-refractivity contribution in [2.24, 2.45) is 0 Å². The molecule has 0 aliphatic carbocycles. The number of benzene rings is 2. The van der Waals surface area contributed by atoms with E-state index in [1.807, 2.05) is 12.1 Å². The van der Waals surface area contributed by atoms with Crippen LogP contribution in [0.15, 0.2) is 42.5 Å². The summed E-state index contributed by atoms with van der Waals surface area (Å²) in [5.74, 6) is 0.0391. The number of rotatable bonds is 7. The third kappa shape index (κ3) is 5.73. The standard InChI is InChI=1S/C21H24Cl2N2O/c22-19-9-7-16(13-20(19)23)8-10-21(26)24-14-17-3-5-18(6-4-17)15-25-11-1-2-12-25/h3-7,9,13H,1-2,8,10-12,14-15H2,(H,24,26). The van der Waals surface area contributed by atoms with Gasteiger partial charge < -0.3 is 5.32 Å². The second-order valence-corrected chi connectivity index (χ2v) is 7.64. The van der Waals surface area contributed by atoms with Gasteiger partial charge in [-0.25, -0.2) is 0 Å². The van der Waals surface area contributed by atoms with Gasteiger partial charge >= 0.3 is 0 Å². The zero-order chi connectivity index (χ0) is 18.4. The predicted molar refractivity (Wildman–Crippen MR) is 108 cm³/mol. The molecule has 0 radical (unpaired) electrons. The molecule has 3 nitrogen and oxygen atoms in total. The van der Waals surface area contributed by atoms with Crippen molar-refractivity contribution in [1.82, 2.24) is 10.2 Å². The molecule has 1 amide bonds. The Labute approximate surface area is 165 Å². The van der Waals surface area contributed by atoms with Crippen molar-refractivity contribution in [1.29, 1.82) is 0 Å². The van der Waals surface area contributed by atoms with Gasteiger partial charge in [-0.05, 0) is 61.2 Å². The van der Waals surface area contributed by atoms with E-state index in [4.69, 9.17) is 23.2 Å². The highest BCUT2D eigenvalue weighted by molar-refractivity contribution is 6.42. The van der Waals surface area contributed by atoms with Gasteiger partial charge in [0.1, 0.15) is 0 Å². The van der Waals surface area contributed by atoms with Gasteiger partial charge in [-0.1, -0.05) is 53.5 Å². The Morgan fingerprint density at radius 3 is 2.27 bits per heavy atom. The first-order valence-electron chi connectivity index (χ1n) is 9.11. The Kier molecular flexibility index (Phi) is 6.95. The summed E-state index contributed by atoms with van der Waals surface area (Å²) < 4.78 is 0. The monoisotopic (exact) mass is 390 g/mol. The molecule has 0 aromatic heterocycles. The zero-order valence-corrected chi connectivity index (χ0v) is 16.3. The highest BCUT2D eigenvalue weighted by Gasteiger charge is 2.11. The molecule has 2 aromatic carbocycles. The molecule has 1 fully saturated rings. The van der Waals surface area contributed by atoms with Crippen molar-refractivity contribution in [2.75, 3.05) is 13.1 Å². The van der Waals surface area contributed by atoms with Gasteiger partial charge in [-0.2, -0.15) is 0 Å². The molecule has 0 spiro atoms. The summed E-state index contributed by atoms with van der Waals surface area (Å²) >= 11 is 11.9. The molecule has 0 unspecified atom stereocenters. The summed E-state index contributed by atoms with van der Waals surface area (Å²) in [6.45, 7) is 3.99. The minimum Gasteiger partial charge on any atom is -0.352 e. The molecule has 1 N–H and O–H groups in total. The molecule has 5 heteroatoms. The number of hydrogen-bond acceptors (Lipinski definition) is 2. The van der Waals surface area contributed by atoms with Crippen LogP contribution in [0.3, 0.4) is 0 Å². The van der Waals surface area contributed by atoms with E-state index in [0.29, 0.717) is 29.4 Å². The Morgan fingerprint density at radius 1 is 0.923 bits per heavy atom. The SMILES string of the molecule is O=C(CCc1ccc(Cl)c(Cl)c1)NCc1ccc(CN2CCCC2)cc1. The van der Waals surface area contributed by atoms with Crippen LogP contribution in [0, 0.1) is 0 Å². The fourth-order valence-electron chi connectivity index (χ4n) is 3.20. The van der Waals surface area contributed by atoms with Crippen LogP contribution in [0.2, 0.25) is 10.0 Å². The highest BCUT2D eigenvalue weighted by Crippen LogP contribution is 2.23. The first-order valence-corrected chi connectivity index (χ1v) is 9.86. The van der Waals surface area contributed by atoms with Gasteiger partial charge in [0.2, 0.25) is 5.91 Å². The Bertz CT molecular complexity index is 740. The van der Waals surface area contributed by atoms with Crippen molar-refractivity contribution in [3.8, 4) is 0 Å². The largest absolute Gasteiger partial charge is 0.352 e. The van der Waals surface area contributed by atoms with E-state index in [1.165, 1.54) is 31.5 Å². The van der Waals surface area contributed by atoms with Gasteiger partial charge in [0, 0.05) is 19.5 Å². The molecule has 1 aliphatic heterocycles. The van der Waals surface area contributed by atoms with Crippen LogP contribution >= 0.6 is 23.2 Å². The lowest BCUT2D eigenvalue weighted by Gasteiger charge is -2.14. The molecule has 1 heterocycles.